The number of hydrogen-bond acceptors (Lipinski definition) is 5. The molecule has 0 spiro atoms. The average molecular weight is 253 g/mol. The second-order valence-corrected chi connectivity index (χ2v) is 4.10. The highest BCUT2D eigenvalue weighted by Crippen LogP contribution is 2.08. The number of carbonyl (C=O) groups excluding carboxylic acids is 1. The first kappa shape index (κ1) is 14.2. The minimum Gasteiger partial charge on any atom is -0.373 e. The molecule has 0 aliphatic carbocycles. The zero-order chi connectivity index (χ0) is 13.7. The number of aromatic nitrogens is 2. The van der Waals surface area contributed by atoms with E-state index in [1.165, 1.54) is 6.07 Å². The maximum absolute atomic E-state index is 11.9. The van der Waals surface area contributed by atoms with Crippen molar-refractivity contribution in [1.29, 1.82) is 0 Å². The number of nitrogens with one attached hydrogen (secondary N) is 1. The molecule has 1 unspecified atom stereocenters. The van der Waals surface area contributed by atoms with Crippen LogP contribution in [0.3, 0.4) is 0 Å². The summed E-state index contributed by atoms with van der Waals surface area (Å²) in [4.78, 5) is 25.1. The van der Waals surface area contributed by atoms with Crippen LogP contribution in [0.2, 0.25) is 0 Å². The van der Waals surface area contributed by atoms with Gasteiger partial charge in [-0.2, -0.15) is 5.10 Å². The van der Waals surface area contributed by atoms with Crippen LogP contribution in [0.5, 0.6) is 0 Å². The second-order valence-electron chi connectivity index (χ2n) is 4.10. The Balaban J connectivity index is 2.99. The highest BCUT2D eigenvalue weighted by Gasteiger charge is 2.16. The van der Waals surface area contributed by atoms with Crippen molar-refractivity contribution >= 4 is 11.6 Å². The Kier molecular flexibility index (Phi) is 4.85. The number of carbonyl (C=O) groups is 1. The third-order valence-corrected chi connectivity index (χ3v) is 2.70. The molecule has 0 bridgehead atoms. The van der Waals surface area contributed by atoms with Crippen molar-refractivity contribution in [2.45, 2.75) is 26.3 Å². The van der Waals surface area contributed by atoms with Crippen molar-refractivity contribution in [3.8, 4) is 0 Å². The Bertz CT molecular complexity index is 471. The van der Waals surface area contributed by atoms with Gasteiger partial charge in [0.2, 0.25) is 0 Å². The number of nitrogens with zero attached hydrogens (tertiary/aromatic N) is 3. The van der Waals surface area contributed by atoms with Crippen molar-refractivity contribution in [2.75, 3.05) is 18.5 Å². The molecule has 7 nitrogen and oxygen atoms in total. The minimum absolute atomic E-state index is 0.327. The number of amides is 1. The summed E-state index contributed by atoms with van der Waals surface area (Å²) >= 11 is 0. The fourth-order valence-corrected chi connectivity index (χ4v) is 1.60. The molecular weight excluding hydrogens is 234 g/mol. The van der Waals surface area contributed by atoms with Gasteiger partial charge < -0.3 is 4.90 Å². The quantitative estimate of drug-likeness (QED) is 0.424. The molecule has 7 heteroatoms. The number of hydrazine groups is 1. The number of rotatable bonds is 5. The van der Waals surface area contributed by atoms with E-state index in [4.69, 9.17) is 5.84 Å². The van der Waals surface area contributed by atoms with Gasteiger partial charge in [-0.25, -0.2) is 10.5 Å². The van der Waals surface area contributed by atoms with E-state index in [2.05, 4.69) is 12.0 Å². The first-order chi connectivity index (χ1) is 8.51. The first-order valence-electron chi connectivity index (χ1n) is 5.81. The third-order valence-electron chi connectivity index (χ3n) is 2.70. The monoisotopic (exact) mass is 253 g/mol. The van der Waals surface area contributed by atoms with E-state index in [0.29, 0.717) is 0 Å². The van der Waals surface area contributed by atoms with Crippen LogP contribution in [0.15, 0.2) is 17.1 Å². The molecule has 1 amide bonds. The van der Waals surface area contributed by atoms with Gasteiger partial charge in [0.1, 0.15) is 6.04 Å². The second kappa shape index (κ2) is 6.15. The largest absolute Gasteiger partial charge is 0.373 e. The predicted molar refractivity (Wildman–Crippen MR) is 69.1 cm³/mol. The van der Waals surface area contributed by atoms with E-state index in [1.807, 2.05) is 17.4 Å². The Hall–Kier alpha value is -1.89. The molecule has 1 aromatic rings. The van der Waals surface area contributed by atoms with E-state index < -0.39 is 11.9 Å². The zero-order valence-corrected chi connectivity index (χ0v) is 10.9. The van der Waals surface area contributed by atoms with Crippen LogP contribution in [0.4, 0.5) is 5.69 Å². The molecular formula is C11H19N5O2. The van der Waals surface area contributed by atoms with Gasteiger partial charge in [-0.1, -0.05) is 6.92 Å². The van der Waals surface area contributed by atoms with E-state index in [-0.39, 0.29) is 5.56 Å². The number of nitrogens with two attached hydrogens (primary N) is 1. The van der Waals surface area contributed by atoms with E-state index in [1.54, 1.807) is 13.1 Å². The topological polar surface area (TPSA) is 93.2 Å². The van der Waals surface area contributed by atoms with Crippen molar-refractivity contribution in [1.82, 2.24) is 15.2 Å². The van der Waals surface area contributed by atoms with Crippen LogP contribution in [-0.2, 0) is 4.79 Å². The summed E-state index contributed by atoms with van der Waals surface area (Å²) in [6.45, 7) is 4.45. The molecule has 1 aromatic heterocycles. The van der Waals surface area contributed by atoms with Crippen LogP contribution < -0.4 is 21.7 Å². The summed E-state index contributed by atoms with van der Waals surface area (Å²) in [6, 6.07) is 0.733. The molecule has 0 aromatic carbocycles. The molecule has 0 aliphatic heterocycles. The first-order valence-corrected chi connectivity index (χ1v) is 5.81. The lowest BCUT2D eigenvalue weighted by molar-refractivity contribution is -0.124. The van der Waals surface area contributed by atoms with Gasteiger partial charge in [0.15, 0.2) is 0 Å². The summed E-state index contributed by atoms with van der Waals surface area (Å²) in [5.74, 6) is 4.57. The molecule has 0 fully saturated rings. The normalized spacial score (nSPS) is 12.0. The molecule has 3 N–H and O–H groups in total. The van der Waals surface area contributed by atoms with Gasteiger partial charge in [0.05, 0.1) is 11.9 Å². The Morgan fingerprint density at radius 2 is 2.33 bits per heavy atom. The van der Waals surface area contributed by atoms with Crippen LogP contribution >= 0.6 is 0 Å². The Morgan fingerprint density at radius 3 is 2.83 bits per heavy atom. The molecule has 1 heterocycles. The molecule has 1 atom stereocenters. The van der Waals surface area contributed by atoms with E-state index >= 15 is 0 Å². The maximum atomic E-state index is 11.9. The lowest BCUT2D eigenvalue weighted by Gasteiger charge is -2.19. The van der Waals surface area contributed by atoms with Gasteiger partial charge in [0, 0.05) is 19.7 Å². The van der Waals surface area contributed by atoms with Crippen LogP contribution in [0, 0.1) is 0 Å². The van der Waals surface area contributed by atoms with Crippen LogP contribution in [0.25, 0.3) is 0 Å². The van der Waals surface area contributed by atoms with Gasteiger partial charge >= 0.3 is 0 Å². The van der Waals surface area contributed by atoms with Gasteiger partial charge in [-0.3, -0.25) is 15.0 Å². The van der Waals surface area contributed by atoms with Gasteiger partial charge in [-0.05, 0) is 13.3 Å². The molecule has 0 aliphatic rings. The standard InChI is InChI=1S/C11H19N5O2/c1-4-5-15(3)9-6-10(17)16(13-7-9)8(2)11(18)14-12/h6-8H,4-5,12H2,1-3H3,(H,14,18). The van der Waals surface area contributed by atoms with Crippen molar-refractivity contribution in [2.24, 2.45) is 5.84 Å². The Morgan fingerprint density at radius 1 is 1.67 bits per heavy atom. The van der Waals surface area contributed by atoms with Crippen molar-refractivity contribution < 1.29 is 4.79 Å². The third kappa shape index (κ3) is 3.07. The highest BCUT2D eigenvalue weighted by molar-refractivity contribution is 5.79. The number of anilines is 1. The molecule has 0 saturated heterocycles. The number of hydrogen-bond donors (Lipinski definition) is 2. The lowest BCUT2D eigenvalue weighted by atomic mass is 10.3. The molecule has 100 valence electrons. The van der Waals surface area contributed by atoms with E-state index in [0.717, 1.165) is 23.3 Å². The van der Waals surface area contributed by atoms with Crippen molar-refractivity contribution in [3.05, 3.63) is 22.6 Å². The summed E-state index contributed by atoms with van der Waals surface area (Å²) in [5.41, 5.74) is 2.41. The fraction of sp³-hybridized carbons (Fsp3) is 0.545. The summed E-state index contributed by atoms with van der Waals surface area (Å²) in [7, 11) is 1.89. The molecule has 1 rings (SSSR count). The summed E-state index contributed by atoms with van der Waals surface area (Å²) < 4.78 is 1.10. The highest BCUT2D eigenvalue weighted by atomic mass is 16.2. The average Bonchev–Trinajstić information content (AvgIpc) is 2.37. The maximum Gasteiger partial charge on any atom is 0.269 e. The molecule has 0 radical (unpaired) electrons. The van der Waals surface area contributed by atoms with E-state index in [9.17, 15) is 9.59 Å². The van der Waals surface area contributed by atoms with Crippen molar-refractivity contribution in [3.63, 3.8) is 0 Å². The van der Waals surface area contributed by atoms with Gasteiger partial charge in [-0.15, -0.1) is 0 Å². The smallest absolute Gasteiger partial charge is 0.269 e. The Labute approximate surface area is 106 Å². The summed E-state index contributed by atoms with van der Waals surface area (Å²) in [6.07, 6.45) is 2.54. The minimum atomic E-state index is -0.729. The lowest BCUT2D eigenvalue weighted by Crippen LogP contribution is -2.40. The molecule has 0 saturated carbocycles. The van der Waals surface area contributed by atoms with Crippen LogP contribution in [-0.4, -0.2) is 29.3 Å². The van der Waals surface area contributed by atoms with Crippen LogP contribution in [0.1, 0.15) is 26.3 Å². The SMILES string of the molecule is CCCN(C)c1cnn(C(C)C(=O)NN)c(=O)c1. The molecule has 18 heavy (non-hydrogen) atoms. The zero-order valence-electron chi connectivity index (χ0n) is 10.9. The van der Waals surface area contributed by atoms with Gasteiger partial charge in [0.25, 0.3) is 11.5 Å². The summed E-state index contributed by atoms with van der Waals surface area (Å²) in [5, 5.41) is 4.00. The predicted octanol–water partition coefficient (Wildman–Crippen LogP) is -0.360. The fourth-order valence-electron chi connectivity index (χ4n) is 1.60.